The van der Waals surface area contributed by atoms with Crippen molar-refractivity contribution < 1.29 is 4.42 Å². The van der Waals surface area contributed by atoms with Gasteiger partial charge in [-0.15, -0.1) is 0 Å². The molecule has 0 radical (unpaired) electrons. The van der Waals surface area contributed by atoms with Gasteiger partial charge in [0.15, 0.2) is 5.11 Å². The molecule has 0 amide bonds. The molecule has 6 rings (SSSR count). The minimum absolute atomic E-state index is 0.207. The second-order valence-corrected chi connectivity index (χ2v) is 11.7. The SMILES string of the molecule is Cc1ccc(-c2ccc(C3C(c4ccccn4)NC(=S)N3c3ccc(N4CCC(C)CC4)c(Cl)c3)o2)cc1Cl. The number of aryl methyl sites for hydroxylation is 1. The molecule has 2 aliphatic heterocycles. The lowest BCUT2D eigenvalue weighted by Gasteiger charge is -2.33. The van der Waals surface area contributed by atoms with Crippen molar-refractivity contribution in [3.63, 3.8) is 0 Å². The maximum Gasteiger partial charge on any atom is 0.174 e. The van der Waals surface area contributed by atoms with Crippen LogP contribution in [0.1, 0.15) is 48.9 Å². The number of anilines is 2. The Hall–Kier alpha value is -3.06. The normalized spacial score (nSPS) is 19.9. The predicted octanol–water partition coefficient (Wildman–Crippen LogP) is 8.37. The Kier molecular flexibility index (Phi) is 7.27. The molecule has 5 nitrogen and oxygen atoms in total. The number of nitrogens with zero attached hydrogens (tertiary/aromatic N) is 3. The Morgan fingerprint density at radius 2 is 1.79 bits per heavy atom. The first-order valence-corrected chi connectivity index (χ1v) is 14.5. The smallest absolute Gasteiger partial charge is 0.174 e. The van der Waals surface area contributed by atoms with E-state index in [1.165, 1.54) is 12.8 Å². The number of hydrogen-bond acceptors (Lipinski definition) is 4. The van der Waals surface area contributed by atoms with Crippen molar-refractivity contribution in [2.24, 2.45) is 5.92 Å². The van der Waals surface area contributed by atoms with Gasteiger partial charge in [0.1, 0.15) is 17.6 Å². The number of piperidine rings is 1. The number of furan rings is 1. The fourth-order valence-corrected chi connectivity index (χ4v) is 6.31. The van der Waals surface area contributed by atoms with Crippen LogP contribution in [-0.4, -0.2) is 23.2 Å². The van der Waals surface area contributed by atoms with Crippen LogP contribution in [0.15, 0.2) is 77.3 Å². The predicted molar refractivity (Wildman–Crippen MR) is 164 cm³/mol. The highest BCUT2D eigenvalue weighted by molar-refractivity contribution is 7.80. The molecule has 0 bridgehead atoms. The van der Waals surface area contributed by atoms with Gasteiger partial charge < -0.3 is 19.5 Å². The number of nitrogens with one attached hydrogen (secondary N) is 1. The molecule has 2 saturated heterocycles. The molecule has 1 N–H and O–H groups in total. The van der Waals surface area contributed by atoms with Crippen LogP contribution in [0, 0.1) is 12.8 Å². The van der Waals surface area contributed by atoms with Gasteiger partial charge in [-0.2, -0.15) is 0 Å². The Balaban J connectivity index is 1.38. The molecular weight excluding hydrogens is 547 g/mol. The zero-order chi connectivity index (χ0) is 27.1. The molecule has 2 aromatic heterocycles. The van der Waals surface area contributed by atoms with Crippen LogP contribution in [-0.2, 0) is 0 Å². The molecule has 2 unspecified atom stereocenters. The molecule has 200 valence electrons. The minimum Gasteiger partial charge on any atom is -0.459 e. The fourth-order valence-electron chi connectivity index (χ4n) is 5.49. The number of pyridine rings is 1. The third kappa shape index (κ3) is 5.13. The summed E-state index contributed by atoms with van der Waals surface area (Å²) in [5.74, 6) is 2.28. The molecule has 0 spiro atoms. The third-order valence-electron chi connectivity index (χ3n) is 7.81. The van der Waals surface area contributed by atoms with Crippen molar-refractivity contribution in [2.75, 3.05) is 22.9 Å². The van der Waals surface area contributed by atoms with Crippen LogP contribution in [0.3, 0.4) is 0 Å². The van der Waals surface area contributed by atoms with Gasteiger partial charge in [-0.25, -0.2) is 0 Å². The van der Waals surface area contributed by atoms with Gasteiger partial charge in [0, 0.05) is 35.6 Å². The Bertz CT molecular complexity index is 1500. The van der Waals surface area contributed by atoms with Gasteiger partial charge in [0.25, 0.3) is 0 Å². The van der Waals surface area contributed by atoms with E-state index in [0.717, 1.165) is 63.7 Å². The zero-order valence-corrected chi connectivity index (χ0v) is 24.2. The first-order valence-electron chi connectivity index (χ1n) is 13.3. The second kappa shape index (κ2) is 10.8. The van der Waals surface area contributed by atoms with E-state index in [2.05, 4.69) is 39.2 Å². The largest absolute Gasteiger partial charge is 0.459 e. The highest BCUT2D eigenvalue weighted by Gasteiger charge is 2.42. The van der Waals surface area contributed by atoms with Crippen LogP contribution in [0.2, 0.25) is 10.0 Å². The number of aromatic nitrogens is 1. The summed E-state index contributed by atoms with van der Waals surface area (Å²) in [5, 5.41) is 5.53. The van der Waals surface area contributed by atoms with Crippen molar-refractivity contribution in [1.29, 1.82) is 0 Å². The lowest BCUT2D eigenvalue weighted by atomic mass is 9.98. The van der Waals surface area contributed by atoms with E-state index in [1.54, 1.807) is 6.20 Å². The number of benzene rings is 2. The first kappa shape index (κ1) is 26.2. The molecule has 8 heteroatoms. The first-order chi connectivity index (χ1) is 18.9. The highest BCUT2D eigenvalue weighted by atomic mass is 35.5. The molecule has 2 fully saturated rings. The van der Waals surface area contributed by atoms with Crippen LogP contribution >= 0.6 is 35.4 Å². The fraction of sp³-hybridized carbons (Fsp3) is 0.290. The van der Waals surface area contributed by atoms with Gasteiger partial charge >= 0.3 is 0 Å². The topological polar surface area (TPSA) is 44.5 Å². The number of rotatable bonds is 5. The van der Waals surface area contributed by atoms with Crippen molar-refractivity contribution in [1.82, 2.24) is 10.3 Å². The van der Waals surface area contributed by atoms with Crippen LogP contribution in [0.5, 0.6) is 0 Å². The molecule has 2 aliphatic rings. The summed E-state index contributed by atoms with van der Waals surface area (Å²) in [6, 6.07) is 21.6. The van der Waals surface area contributed by atoms with Crippen molar-refractivity contribution in [3.8, 4) is 11.3 Å². The summed E-state index contributed by atoms with van der Waals surface area (Å²) in [5.41, 5.74) is 4.81. The van der Waals surface area contributed by atoms with E-state index in [1.807, 2.05) is 61.5 Å². The average molecular weight is 578 g/mol. The maximum atomic E-state index is 6.90. The lowest BCUT2D eigenvalue weighted by molar-refractivity contribution is 0.438. The third-order valence-corrected chi connectivity index (χ3v) is 8.83. The molecule has 4 heterocycles. The summed E-state index contributed by atoms with van der Waals surface area (Å²) < 4.78 is 6.49. The van der Waals surface area contributed by atoms with E-state index in [-0.39, 0.29) is 12.1 Å². The molecule has 4 aromatic rings. The van der Waals surface area contributed by atoms with E-state index < -0.39 is 0 Å². The highest BCUT2D eigenvalue weighted by Crippen LogP contribution is 2.44. The maximum absolute atomic E-state index is 6.90. The van der Waals surface area contributed by atoms with Gasteiger partial charge in [0.05, 0.1) is 22.4 Å². The molecule has 0 aliphatic carbocycles. The van der Waals surface area contributed by atoms with Crippen molar-refractivity contribution in [2.45, 2.75) is 38.8 Å². The summed E-state index contributed by atoms with van der Waals surface area (Å²) in [7, 11) is 0. The van der Waals surface area contributed by atoms with Crippen LogP contribution < -0.4 is 15.1 Å². The zero-order valence-electron chi connectivity index (χ0n) is 21.9. The average Bonchev–Trinajstić information content (AvgIpc) is 3.56. The van der Waals surface area contributed by atoms with E-state index in [9.17, 15) is 0 Å². The van der Waals surface area contributed by atoms with Crippen LogP contribution in [0.25, 0.3) is 11.3 Å². The van der Waals surface area contributed by atoms with Gasteiger partial charge in [0.2, 0.25) is 0 Å². The summed E-state index contributed by atoms with van der Waals surface area (Å²) in [6.45, 7) is 6.34. The Labute approximate surface area is 244 Å². The standard InChI is InChI=1S/C31H30Cl2N4OS/c1-19-12-15-36(16-13-19)26-9-8-22(18-24(26)33)37-30(29(35-31(37)39)25-5-3-4-14-34-25)28-11-10-27(38-28)21-7-6-20(2)23(32)17-21/h3-11,14,17-19,29-30H,12-13,15-16H2,1-2H3,(H,35,39). The second-order valence-electron chi connectivity index (χ2n) is 10.5. The van der Waals surface area contributed by atoms with Crippen molar-refractivity contribution >= 4 is 51.9 Å². The number of thiocarbonyl (C=S) groups is 1. The summed E-state index contributed by atoms with van der Waals surface area (Å²) in [6.07, 6.45) is 4.16. The quantitative estimate of drug-likeness (QED) is 0.241. The molecular formula is C31H30Cl2N4OS. The summed E-state index contributed by atoms with van der Waals surface area (Å²) >= 11 is 19.2. The number of hydrogen-bond donors (Lipinski definition) is 1. The summed E-state index contributed by atoms with van der Waals surface area (Å²) in [4.78, 5) is 9.12. The molecule has 39 heavy (non-hydrogen) atoms. The van der Waals surface area contributed by atoms with E-state index >= 15 is 0 Å². The van der Waals surface area contributed by atoms with Gasteiger partial charge in [-0.05, 0) is 92.0 Å². The van der Waals surface area contributed by atoms with E-state index in [4.69, 9.17) is 39.8 Å². The number of halogens is 2. The minimum atomic E-state index is -0.264. The van der Waals surface area contributed by atoms with Gasteiger partial charge in [-0.1, -0.05) is 48.3 Å². The molecule has 2 atom stereocenters. The molecule has 2 aromatic carbocycles. The van der Waals surface area contributed by atoms with Crippen molar-refractivity contribution in [3.05, 3.63) is 100.0 Å². The lowest BCUT2D eigenvalue weighted by Crippen LogP contribution is -2.33. The van der Waals surface area contributed by atoms with Crippen LogP contribution in [0.4, 0.5) is 11.4 Å². The molecule has 0 saturated carbocycles. The Morgan fingerprint density at radius 1 is 0.974 bits per heavy atom. The van der Waals surface area contributed by atoms with E-state index in [0.29, 0.717) is 10.1 Å². The van der Waals surface area contributed by atoms with Gasteiger partial charge in [-0.3, -0.25) is 4.98 Å². The Morgan fingerprint density at radius 3 is 2.51 bits per heavy atom. The monoisotopic (exact) mass is 576 g/mol.